The summed E-state index contributed by atoms with van der Waals surface area (Å²) in [5, 5.41) is 9.64. The molecule has 0 aliphatic carbocycles. The summed E-state index contributed by atoms with van der Waals surface area (Å²) in [5.74, 6) is 0.788. The number of hydrogen-bond donors (Lipinski definition) is 0. The van der Waals surface area contributed by atoms with Gasteiger partial charge in [-0.3, -0.25) is 4.79 Å². The van der Waals surface area contributed by atoms with Crippen LogP contribution in [0.4, 0.5) is 15.4 Å². The highest BCUT2D eigenvalue weighted by atomic mass is 16.6. The average molecular weight is 554 g/mol. The number of hydrogen-bond acceptors (Lipinski definition) is 9. The molecule has 0 spiro atoms. The molecule has 2 aliphatic rings. The van der Waals surface area contributed by atoms with E-state index >= 15 is 0 Å². The number of amides is 2. The summed E-state index contributed by atoms with van der Waals surface area (Å²) in [6, 6.07) is 3.73. The van der Waals surface area contributed by atoms with Gasteiger partial charge in [-0.15, -0.1) is 0 Å². The van der Waals surface area contributed by atoms with Crippen molar-refractivity contribution in [2.75, 3.05) is 38.1 Å². The fraction of sp³-hybridized carbons (Fsp3) is 0.643. The Bertz CT molecular complexity index is 1280. The molecular weight excluding hydrogens is 514 g/mol. The summed E-state index contributed by atoms with van der Waals surface area (Å²) in [6.07, 6.45) is 4.40. The zero-order chi connectivity index (χ0) is 29.0. The Morgan fingerprint density at radius 3 is 2.58 bits per heavy atom. The molecule has 2 aromatic rings. The second kappa shape index (κ2) is 12.1. The van der Waals surface area contributed by atoms with Crippen LogP contribution < -0.4 is 4.90 Å². The SMILES string of the molecule is C[C@@H]1CCN(C(=O)CC#N)C[C@@H]1N(C)c1ncnc2c1ccn2C(=O)OC1CCCN(C(=O)OC(C)(C)C)CC1. The number of carbonyl (C=O) groups is 3. The standard InChI is InChI=1S/C28H39N7O5/c1-19-9-14-34(23(36)8-12-29)17-22(19)32(5)24-21-11-16-35(25(21)31-18-30-24)27(38)39-20-7-6-13-33(15-10-20)26(37)40-28(2,3)4/h11,16,18-20,22H,6-10,13-15,17H2,1-5H3/t19-,20?,22+/m1/s1. The number of rotatable bonds is 4. The highest BCUT2D eigenvalue weighted by Gasteiger charge is 2.33. The summed E-state index contributed by atoms with van der Waals surface area (Å²) in [5.41, 5.74) is -0.130. The lowest BCUT2D eigenvalue weighted by Crippen LogP contribution is -2.52. The van der Waals surface area contributed by atoms with Crippen LogP contribution in [0.1, 0.15) is 59.8 Å². The molecule has 2 saturated heterocycles. The number of carbonyl (C=O) groups excluding carboxylic acids is 3. The normalized spacial score (nSPS) is 21.9. The summed E-state index contributed by atoms with van der Waals surface area (Å²) >= 11 is 0. The molecule has 0 N–H and O–H groups in total. The van der Waals surface area contributed by atoms with Crippen molar-refractivity contribution in [2.45, 2.75) is 77.5 Å². The van der Waals surface area contributed by atoms with Crippen LogP contribution in [0.3, 0.4) is 0 Å². The molecule has 3 atom stereocenters. The summed E-state index contributed by atoms with van der Waals surface area (Å²) < 4.78 is 12.7. The van der Waals surface area contributed by atoms with Crippen molar-refractivity contribution in [2.24, 2.45) is 5.92 Å². The van der Waals surface area contributed by atoms with Crippen LogP contribution in [0.15, 0.2) is 18.6 Å². The molecule has 1 unspecified atom stereocenters. The second-order valence-electron chi connectivity index (χ2n) is 11.6. The van der Waals surface area contributed by atoms with Crippen molar-refractivity contribution < 1.29 is 23.9 Å². The van der Waals surface area contributed by atoms with E-state index < -0.39 is 11.7 Å². The molecular formula is C28H39N7O5. The molecule has 2 amide bonds. The van der Waals surface area contributed by atoms with Crippen molar-refractivity contribution >= 4 is 34.9 Å². The minimum Gasteiger partial charge on any atom is -0.446 e. The van der Waals surface area contributed by atoms with E-state index in [1.54, 1.807) is 22.1 Å². The number of anilines is 1. The van der Waals surface area contributed by atoms with Crippen LogP contribution in [0, 0.1) is 17.2 Å². The lowest BCUT2D eigenvalue weighted by Gasteiger charge is -2.42. The van der Waals surface area contributed by atoms with E-state index in [9.17, 15) is 14.4 Å². The van der Waals surface area contributed by atoms with Crippen LogP contribution in [-0.2, 0) is 14.3 Å². The highest BCUT2D eigenvalue weighted by molar-refractivity contribution is 5.93. The maximum absolute atomic E-state index is 13.2. The predicted molar refractivity (Wildman–Crippen MR) is 148 cm³/mol. The zero-order valence-electron chi connectivity index (χ0n) is 24.0. The molecule has 12 heteroatoms. The van der Waals surface area contributed by atoms with Crippen molar-refractivity contribution in [1.29, 1.82) is 5.26 Å². The van der Waals surface area contributed by atoms with Crippen LogP contribution in [0.5, 0.6) is 0 Å². The Hall–Kier alpha value is -3.88. The van der Waals surface area contributed by atoms with Gasteiger partial charge in [0.2, 0.25) is 5.91 Å². The molecule has 2 aromatic heterocycles. The first-order chi connectivity index (χ1) is 19.0. The van der Waals surface area contributed by atoms with E-state index in [1.807, 2.05) is 38.8 Å². The molecule has 0 saturated carbocycles. The molecule has 0 radical (unpaired) electrons. The largest absolute Gasteiger partial charge is 0.446 e. The number of piperidine rings is 1. The number of nitrogens with zero attached hydrogens (tertiary/aromatic N) is 7. The monoisotopic (exact) mass is 553 g/mol. The van der Waals surface area contributed by atoms with Gasteiger partial charge >= 0.3 is 12.2 Å². The van der Waals surface area contributed by atoms with Crippen molar-refractivity contribution in [3.8, 4) is 6.07 Å². The molecule has 0 bridgehead atoms. The maximum Gasteiger partial charge on any atom is 0.419 e. The highest BCUT2D eigenvalue weighted by Crippen LogP contribution is 2.30. The van der Waals surface area contributed by atoms with Gasteiger partial charge in [-0.25, -0.2) is 24.1 Å². The van der Waals surface area contributed by atoms with E-state index in [-0.39, 0.29) is 30.6 Å². The van der Waals surface area contributed by atoms with E-state index in [1.165, 1.54) is 10.9 Å². The van der Waals surface area contributed by atoms with Crippen LogP contribution >= 0.6 is 0 Å². The maximum atomic E-state index is 13.2. The van der Waals surface area contributed by atoms with Gasteiger partial charge in [0, 0.05) is 45.8 Å². The minimum atomic E-state index is -0.567. The Morgan fingerprint density at radius 2 is 1.85 bits per heavy atom. The number of likely N-dealkylation sites (N-methyl/N-ethyl adjacent to an activating group) is 1. The molecule has 2 fully saturated rings. The van der Waals surface area contributed by atoms with Gasteiger partial charge in [0.15, 0.2) is 5.65 Å². The number of aromatic nitrogens is 3. The van der Waals surface area contributed by atoms with Gasteiger partial charge < -0.3 is 24.2 Å². The average Bonchev–Trinajstić information content (AvgIpc) is 3.20. The third-order valence-electron chi connectivity index (χ3n) is 7.58. The van der Waals surface area contributed by atoms with E-state index in [0.717, 1.165) is 6.42 Å². The minimum absolute atomic E-state index is 0.0105. The first-order valence-electron chi connectivity index (χ1n) is 13.9. The fourth-order valence-electron chi connectivity index (χ4n) is 5.37. The number of fused-ring (bicyclic) bond motifs is 1. The molecule has 12 nitrogen and oxygen atoms in total. The van der Waals surface area contributed by atoms with Gasteiger partial charge in [-0.05, 0) is 52.0 Å². The van der Waals surface area contributed by atoms with E-state index in [2.05, 4.69) is 16.9 Å². The summed E-state index contributed by atoms with van der Waals surface area (Å²) in [7, 11) is 1.93. The van der Waals surface area contributed by atoms with Gasteiger partial charge in [0.25, 0.3) is 0 Å². The van der Waals surface area contributed by atoms with Gasteiger partial charge in [0.1, 0.15) is 30.3 Å². The molecule has 2 aliphatic heterocycles. The first kappa shape index (κ1) is 29.1. The summed E-state index contributed by atoms with van der Waals surface area (Å²) in [4.78, 5) is 52.4. The van der Waals surface area contributed by atoms with Gasteiger partial charge in [-0.1, -0.05) is 6.92 Å². The second-order valence-corrected chi connectivity index (χ2v) is 11.6. The quantitative estimate of drug-likeness (QED) is 0.554. The van der Waals surface area contributed by atoms with Crippen molar-refractivity contribution in [1.82, 2.24) is 24.3 Å². The Morgan fingerprint density at radius 1 is 1.10 bits per heavy atom. The Balaban J connectivity index is 1.45. The number of likely N-dealkylation sites (tertiary alicyclic amines) is 2. The Labute approximate surface area is 234 Å². The van der Waals surface area contributed by atoms with E-state index in [0.29, 0.717) is 68.2 Å². The van der Waals surface area contributed by atoms with Crippen LogP contribution in [0.25, 0.3) is 11.0 Å². The van der Waals surface area contributed by atoms with E-state index in [4.69, 9.17) is 14.7 Å². The number of ether oxygens (including phenoxy) is 2. The first-order valence-corrected chi connectivity index (χ1v) is 13.9. The number of nitriles is 1. The van der Waals surface area contributed by atoms with Crippen LogP contribution in [-0.4, -0.2) is 93.4 Å². The van der Waals surface area contributed by atoms with Crippen molar-refractivity contribution in [3.63, 3.8) is 0 Å². The topological polar surface area (TPSA) is 134 Å². The van der Waals surface area contributed by atoms with Gasteiger partial charge in [0.05, 0.1) is 17.5 Å². The smallest absolute Gasteiger partial charge is 0.419 e. The fourth-order valence-corrected chi connectivity index (χ4v) is 5.37. The predicted octanol–water partition coefficient (Wildman–Crippen LogP) is 3.79. The third kappa shape index (κ3) is 6.63. The molecule has 4 rings (SSSR count). The zero-order valence-corrected chi connectivity index (χ0v) is 24.0. The lowest BCUT2D eigenvalue weighted by molar-refractivity contribution is -0.131. The van der Waals surface area contributed by atoms with Crippen LogP contribution in [0.2, 0.25) is 0 Å². The molecule has 4 heterocycles. The molecule has 40 heavy (non-hydrogen) atoms. The lowest BCUT2D eigenvalue weighted by atomic mass is 9.92. The molecule has 0 aromatic carbocycles. The van der Waals surface area contributed by atoms with Gasteiger partial charge in [-0.2, -0.15) is 5.26 Å². The molecule has 216 valence electrons. The third-order valence-corrected chi connectivity index (χ3v) is 7.58. The van der Waals surface area contributed by atoms with Crippen molar-refractivity contribution in [3.05, 3.63) is 18.6 Å². The Kier molecular flexibility index (Phi) is 8.81. The summed E-state index contributed by atoms with van der Waals surface area (Å²) in [6.45, 7) is 9.78.